The predicted octanol–water partition coefficient (Wildman–Crippen LogP) is 1.77. The Labute approximate surface area is 137 Å². The molecule has 0 aliphatic heterocycles. The summed E-state index contributed by atoms with van der Waals surface area (Å²) in [6.45, 7) is 1.51. The summed E-state index contributed by atoms with van der Waals surface area (Å²) in [5, 5.41) is 11.9. The fourth-order valence-electron chi connectivity index (χ4n) is 2.07. The Morgan fingerprint density at radius 2 is 1.61 bits per heavy atom. The van der Waals surface area contributed by atoms with Gasteiger partial charge in [0.2, 0.25) is 10.0 Å². The fraction of sp³-hybridized carbons (Fsp3) is 0.235. The zero-order valence-corrected chi connectivity index (χ0v) is 13.5. The maximum absolute atomic E-state index is 11.9. The number of hydrogen-bond acceptors (Lipinski definition) is 4. The van der Waals surface area contributed by atoms with Crippen LogP contribution in [-0.4, -0.2) is 21.5 Å². The minimum Gasteiger partial charge on any atom is -0.311 e. The summed E-state index contributed by atoms with van der Waals surface area (Å²) in [5.41, 5.74) is 2.45. The van der Waals surface area contributed by atoms with E-state index in [2.05, 4.69) is 16.1 Å². The van der Waals surface area contributed by atoms with Crippen LogP contribution in [0.1, 0.15) is 16.7 Å². The first-order valence-electron chi connectivity index (χ1n) is 7.30. The highest BCUT2D eigenvalue weighted by molar-refractivity contribution is 7.88. The lowest BCUT2D eigenvalue weighted by Crippen LogP contribution is -2.32. The normalized spacial score (nSPS) is 11.1. The van der Waals surface area contributed by atoms with Gasteiger partial charge in [0, 0.05) is 19.6 Å². The standard InChI is InChI=1S/C17H19N3O2S/c18-12-15-6-8-16(9-7-15)13-19-10-11-20-23(21,22)14-17-4-2-1-3-5-17/h1-9,19-20H,10-11,13-14H2. The molecular weight excluding hydrogens is 310 g/mol. The predicted molar refractivity (Wildman–Crippen MR) is 89.9 cm³/mol. The molecular formula is C17H19N3O2S. The molecule has 6 heteroatoms. The van der Waals surface area contributed by atoms with Crippen molar-refractivity contribution in [2.45, 2.75) is 12.3 Å². The van der Waals surface area contributed by atoms with Crippen LogP contribution in [0.2, 0.25) is 0 Å². The number of rotatable bonds is 8. The van der Waals surface area contributed by atoms with Gasteiger partial charge in [0.05, 0.1) is 17.4 Å². The number of nitriles is 1. The SMILES string of the molecule is N#Cc1ccc(CNCCNS(=O)(=O)Cc2ccccc2)cc1. The van der Waals surface area contributed by atoms with Crippen molar-refractivity contribution >= 4 is 10.0 Å². The molecule has 0 heterocycles. The third-order valence-electron chi connectivity index (χ3n) is 3.24. The van der Waals surface area contributed by atoms with Crippen LogP contribution in [0.4, 0.5) is 0 Å². The molecule has 0 saturated heterocycles. The summed E-state index contributed by atoms with van der Waals surface area (Å²) in [6.07, 6.45) is 0. The van der Waals surface area contributed by atoms with Gasteiger partial charge in [0.15, 0.2) is 0 Å². The van der Waals surface area contributed by atoms with Gasteiger partial charge in [-0.3, -0.25) is 0 Å². The van der Waals surface area contributed by atoms with E-state index in [0.29, 0.717) is 25.2 Å². The molecule has 0 fully saturated rings. The summed E-state index contributed by atoms with van der Waals surface area (Å²) in [7, 11) is -3.31. The maximum atomic E-state index is 11.9. The summed E-state index contributed by atoms with van der Waals surface area (Å²) < 4.78 is 26.4. The molecule has 0 aliphatic carbocycles. The topological polar surface area (TPSA) is 82.0 Å². The van der Waals surface area contributed by atoms with E-state index in [0.717, 1.165) is 11.1 Å². The smallest absolute Gasteiger partial charge is 0.215 e. The number of benzene rings is 2. The van der Waals surface area contributed by atoms with Crippen molar-refractivity contribution in [2.75, 3.05) is 13.1 Å². The average molecular weight is 329 g/mol. The lowest BCUT2D eigenvalue weighted by Gasteiger charge is -2.08. The molecule has 5 nitrogen and oxygen atoms in total. The van der Waals surface area contributed by atoms with Crippen LogP contribution in [0.5, 0.6) is 0 Å². The van der Waals surface area contributed by atoms with E-state index in [-0.39, 0.29) is 5.75 Å². The Hall–Kier alpha value is -2.20. The zero-order chi connectivity index (χ0) is 16.5. The van der Waals surface area contributed by atoms with Crippen LogP contribution in [0.15, 0.2) is 54.6 Å². The van der Waals surface area contributed by atoms with E-state index < -0.39 is 10.0 Å². The summed E-state index contributed by atoms with van der Waals surface area (Å²) in [4.78, 5) is 0. The highest BCUT2D eigenvalue weighted by Crippen LogP contribution is 2.04. The quantitative estimate of drug-likeness (QED) is 0.723. The van der Waals surface area contributed by atoms with Gasteiger partial charge >= 0.3 is 0 Å². The van der Waals surface area contributed by atoms with Crippen LogP contribution in [-0.2, 0) is 22.3 Å². The molecule has 0 radical (unpaired) electrons. The van der Waals surface area contributed by atoms with E-state index in [1.807, 2.05) is 30.3 Å². The second kappa shape index (κ2) is 8.44. The van der Waals surface area contributed by atoms with Crippen LogP contribution in [0, 0.1) is 11.3 Å². The van der Waals surface area contributed by atoms with Gasteiger partial charge in [-0.05, 0) is 23.3 Å². The van der Waals surface area contributed by atoms with Crippen LogP contribution >= 0.6 is 0 Å². The zero-order valence-electron chi connectivity index (χ0n) is 12.7. The molecule has 0 amide bonds. The Bertz CT molecular complexity index is 751. The molecule has 23 heavy (non-hydrogen) atoms. The molecule has 0 unspecified atom stereocenters. The molecule has 0 bridgehead atoms. The van der Waals surface area contributed by atoms with E-state index in [4.69, 9.17) is 5.26 Å². The van der Waals surface area contributed by atoms with Crippen molar-refractivity contribution < 1.29 is 8.42 Å². The number of hydrogen-bond donors (Lipinski definition) is 2. The summed E-state index contributed by atoms with van der Waals surface area (Å²) >= 11 is 0. The Balaban J connectivity index is 1.69. The van der Waals surface area contributed by atoms with Crippen molar-refractivity contribution in [3.63, 3.8) is 0 Å². The third-order valence-corrected chi connectivity index (χ3v) is 4.59. The molecule has 2 N–H and O–H groups in total. The van der Waals surface area contributed by atoms with E-state index >= 15 is 0 Å². The lowest BCUT2D eigenvalue weighted by molar-refractivity contribution is 0.575. The van der Waals surface area contributed by atoms with Gasteiger partial charge in [-0.1, -0.05) is 42.5 Å². The Morgan fingerprint density at radius 3 is 2.26 bits per heavy atom. The molecule has 120 valence electrons. The molecule has 2 rings (SSSR count). The first kappa shape index (κ1) is 17.2. The van der Waals surface area contributed by atoms with Crippen molar-refractivity contribution in [3.05, 3.63) is 71.3 Å². The second-order valence-corrected chi connectivity index (χ2v) is 6.93. The largest absolute Gasteiger partial charge is 0.311 e. The van der Waals surface area contributed by atoms with Gasteiger partial charge in [0.25, 0.3) is 0 Å². The van der Waals surface area contributed by atoms with Gasteiger partial charge in [-0.25, -0.2) is 13.1 Å². The van der Waals surface area contributed by atoms with Gasteiger partial charge in [-0.15, -0.1) is 0 Å². The molecule has 2 aromatic carbocycles. The highest BCUT2D eigenvalue weighted by Gasteiger charge is 2.10. The van der Waals surface area contributed by atoms with E-state index in [9.17, 15) is 8.42 Å². The number of nitrogens with one attached hydrogen (secondary N) is 2. The lowest BCUT2D eigenvalue weighted by atomic mass is 10.1. The minimum atomic E-state index is -3.31. The average Bonchev–Trinajstić information content (AvgIpc) is 2.55. The molecule has 2 aromatic rings. The molecule has 0 spiro atoms. The van der Waals surface area contributed by atoms with Crippen molar-refractivity contribution in [3.8, 4) is 6.07 Å². The minimum absolute atomic E-state index is 0.0105. The molecule has 0 atom stereocenters. The van der Waals surface area contributed by atoms with Crippen molar-refractivity contribution in [1.82, 2.24) is 10.0 Å². The maximum Gasteiger partial charge on any atom is 0.215 e. The fourth-order valence-corrected chi connectivity index (χ4v) is 3.22. The van der Waals surface area contributed by atoms with Crippen molar-refractivity contribution in [1.29, 1.82) is 5.26 Å². The van der Waals surface area contributed by atoms with Gasteiger partial charge < -0.3 is 5.32 Å². The first-order valence-corrected chi connectivity index (χ1v) is 8.95. The monoisotopic (exact) mass is 329 g/mol. The van der Waals surface area contributed by atoms with E-state index in [1.165, 1.54) is 0 Å². The van der Waals surface area contributed by atoms with Crippen molar-refractivity contribution in [2.24, 2.45) is 0 Å². The summed E-state index contributed by atoms with van der Waals surface area (Å²) in [5.74, 6) is -0.0105. The van der Waals surface area contributed by atoms with Gasteiger partial charge in [-0.2, -0.15) is 5.26 Å². The van der Waals surface area contributed by atoms with Crippen LogP contribution in [0.3, 0.4) is 0 Å². The molecule has 0 aliphatic rings. The van der Waals surface area contributed by atoms with Gasteiger partial charge in [0.1, 0.15) is 0 Å². The molecule has 0 aromatic heterocycles. The van der Waals surface area contributed by atoms with E-state index in [1.54, 1.807) is 24.3 Å². The molecule has 0 saturated carbocycles. The second-order valence-electron chi connectivity index (χ2n) is 5.12. The third kappa shape index (κ3) is 6.20. The van der Waals surface area contributed by atoms with Crippen LogP contribution < -0.4 is 10.0 Å². The first-order chi connectivity index (χ1) is 11.1. The van der Waals surface area contributed by atoms with Crippen LogP contribution in [0.25, 0.3) is 0 Å². The summed E-state index contributed by atoms with van der Waals surface area (Å²) in [6, 6.07) is 18.4. The Kier molecular flexibility index (Phi) is 6.29. The highest BCUT2D eigenvalue weighted by atomic mass is 32.2. The number of sulfonamides is 1. The number of nitrogens with zero attached hydrogens (tertiary/aromatic N) is 1. The Morgan fingerprint density at radius 1 is 0.913 bits per heavy atom.